The molecule has 0 unspecified atom stereocenters. The van der Waals surface area contributed by atoms with Crippen LogP contribution in [0.25, 0.3) is 16.9 Å². The maximum Gasteiger partial charge on any atom is 0.433 e. The van der Waals surface area contributed by atoms with Gasteiger partial charge in [-0.25, -0.2) is 9.50 Å². The second-order valence-electron chi connectivity index (χ2n) is 9.18. The number of methoxy groups -OCH3 is 2. The van der Waals surface area contributed by atoms with Crippen LogP contribution in [0, 0.1) is 13.8 Å². The molecule has 0 aliphatic carbocycles. The average molecular weight is 629 g/mol. The summed E-state index contributed by atoms with van der Waals surface area (Å²) in [7, 11) is 2.88. The van der Waals surface area contributed by atoms with Crippen LogP contribution < -0.4 is 14.8 Å². The lowest BCUT2D eigenvalue weighted by Crippen LogP contribution is -2.16. The van der Waals surface area contributed by atoms with Crippen molar-refractivity contribution >= 4 is 33.2 Å². The number of carbonyl (C=O) groups is 1. The number of aryl methyl sites for hydroxylation is 1. The first kappa shape index (κ1) is 28.1. The van der Waals surface area contributed by atoms with Crippen molar-refractivity contribution < 1.29 is 27.4 Å². The summed E-state index contributed by atoms with van der Waals surface area (Å²) >= 11 is 3.41. The van der Waals surface area contributed by atoms with Crippen LogP contribution in [0.15, 0.2) is 59.1 Å². The molecule has 0 atom stereocenters. The summed E-state index contributed by atoms with van der Waals surface area (Å²) in [5, 5.41) is 11.2. The third-order valence-corrected chi connectivity index (χ3v) is 7.02. The van der Waals surface area contributed by atoms with Crippen LogP contribution in [0.2, 0.25) is 0 Å². The van der Waals surface area contributed by atoms with Crippen LogP contribution in [-0.4, -0.2) is 44.5 Å². The van der Waals surface area contributed by atoms with Gasteiger partial charge in [0.15, 0.2) is 28.5 Å². The van der Waals surface area contributed by atoms with E-state index < -0.39 is 17.8 Å². The highest BCUT2D eigenvalue weighted by molar-refractivity contribution is 9.10. The molecule has 0 bridgehead atoms. The second-order valence-corrected chi connectivity index (χ2v) is 10.1. The van der Waals surface area contributed by atoms with E-state index >= 15 is 0 Å². The molecule has 5 rings (SSSR count). The highest BCUT2D eigenvalue weighted by atomic mass is 79.9. The highest BCUT2D eigenvalue weighted by Crippen LogP contribution is 2.35. The molecule has 1 N–H and O–H groups in total. The molecule has 13 heteroatoms. The monoisotopic (exact) mass is 628 g/mol. The number of aromatic nitrogens is 5. The molecular weight excluding hydrogens is 605 g/mol. The van der Waals surface area contributed by atoms with Gasteiger partial charge < -0.3 is 14.8 Å². The minimum absolute atomic E-state index is 0.0264. The number of ether oxygens (including phenoxy) is 2. The third kappa shape index (κ3) is 5.62. The molecule has 5 aromatic rings. The predicted octanol–water partition coefficient (Wildman–Crippen LogP) is 6.31. The van der Waals surface area contributed by atoms with Gasteiger partial charge >= 0.3 is 6.18 Å². The number of halogens is 4. The van der Waals surface area contributed by atoms with Crippen LogP contribution in [-0.2, 0) is 12.7 Å². The molecular formula is C28H24BrF3N6O3. The largest absolute Gasteiger partial charge is 0.493 e. The second kappa shape index (κ2) is 10.9. The van der Waals surface area contributed by atoms with Crippen molar-refractivity contribution in [3.8, 4) is 22.8 Å². The number of nitrogens with one attached hydrogen (secondary N) is 1. The molecule has 2 aromatic carbocycles. The summed E-state index contributed by atoms with van der Waals surface area (Å²) in [6.45, 7) is 4.02. The Morgan fingerprint density at radius 1 is 0.976 bits per heavy atom. The summed E-state index contributed by atoms with van der Waals surface area (Å²) in [6.07, 6.45) is -4.77. The molecule has 0 aliphatic rings. The summed E-state index contributed by atoms with van der Waals surface area (Å²) in [5.41, 5.74) is 1.65. The molecule has 41 heavy (non-hydrogen) atoms. The number of nitrogens with zero attached hydrogens (tertiary/aromatic N) is 5. The molecule has 212 valence electrons. The van der Waals surface area contributed by atoms with E-state index in [-0.39, 0.29) is 17.0 Å². The lowest BCUT2D eigenvalue weighted by Gasteiger charge is -2.12. The van der Waals surface area contributed by atoms with Crippen LogP contribution in [0.4, 0.5) is 18.9 Å². The minimum atomic E-state index is -4.77. The Hall–Kier alpha value is -4.39. The molecule has 9 nitrogen and oxygen atoms in total. The first-order valence-corrected chi connectivity index (χ1v) is 13.1. The maximum atomic E-state index is 14.1. The van der Waals surface area contributed by atoms with Crippen molar-refractivity contribution in [3.05, 3.63) is 87.4 Å². The fourth-order valence-electron chi connectivity index (χ4n) is 4.40. The average Bonchev–Trinajstić information content (AvgIpc) is 3.49. The van der Waals surface area contributed by atoms with Crippen molar-refractivity contribution in [2.45, 2.75) is 26.6 Å². The molecule has 0 fully saturated rings. The topological polar surface area (TPSA) is 95.6 Å². The number of anilines is 1. The number of alkyl halides is 3. The normalized spacial score (nSPS) is 11.6. The molecule has 1 amide bonds. The Bertz CT molecular complexity index is 1760. The van der Waals surface area contributed by atoms with Gasteiger partial charge in [-0.05, 0) is 55.8 Å². The number of hydrogen-bond acceptors (Lipinski definition) is 6. The van der Waals surface area contributed by atoms with Crippen molar-refractivity contribution in [2.75, 3.05) is 19.5 Å². The fourth-order valence-corrected chi connectivity index (χ4v) is 4.67. The number of benzene rings is 2. The molecule has 0 radical (unpaired) electrons. The van der Waals surface area contributed by atoms with Gasteiger partial charge in [0, 0.05) is 16.1 Å². The van der Waals surface area contributed by atoms with Crippen molar-refractivity contribution in [1.82, 2.24) is 24.4 Å². The van der Waals surface area contributed by atoms with Crippen LogP contribution >= 0.6 is 15.9 Å². The quantitative estimate of drug-likeness (QED) is 0.227. The SMILES string of the molecule is COc1ccc(-c2cc(C(F)(F)F)n3nc(C(=O)Nc4c(C)nn(Cc5ccc(Br)cc5)c4C)cc3n2)cc1OC. The Labute approximate surface area is 241 Å². The molecule has 3 aromatic heterocycles. The lowest BCUT2D eigenvalue weighted by atomic mass is 10.1. The predicted molar refractivity (Wildman–Crippen MR) is 149 cm³/mol. The summed E-state index contributed by atoms with van der Waals surface area (Å²) in [4.78, 5) is 17.6. The summed E-state index contributed by atoms with van der Waals surface area (Å²) in [6, 6.07) is 14.5. The van der Waals surface area contributed by atoms with Gasteiger partial charge in [0.25, 0.3) is 5.91 Å². The van der Waals surface area contributed by atoms with Crippen LogP contribution in [0.5, 0.6) is 11.5 Å². The standard InChI is InChI=1S/C28H24BrF3N6O3/c1-15-26(16(2)37(35-15)14-17-5-8-19(29)9-6-17)34-27(39)21-13-25-33-20(12-24(28(30,31)32)38(25)36-21)18-7-10-22(40-3)23(11-18)41-4/h5-13H,14H2,1-4H3,(H,34,39). The number of amides is 1. The molecule has 0 saturated heterocycles. The van der Waals surface area contributed by atoms with E-state index in [2.05, 4.69) is 36.4 Å². The van der Waals surface area contributed by atoms with E-state index in [4.69, 9.17) is 9.47 Å². The first-order chi connectivity index (χ1) is 19.5. The Balaban J connectivity index is 1.49. The van der Waals surface area contributed by atoms with Crippen LogP contribution in [0.3, 0.4) is 0 Å². The Kier molecular flexibility index (Phi) is 7.47. The van der Waals surface area contributed by atoms with Gasteiger partial charge in [0.2, 0.25) is 0 Å². The van der Waals surface area contributed by atoms with Crippen LogP contribution in [0.1, 0.15) is 33.1 Å². The number of hydrogen-bond donors (Lipinski definition) is 1. The smallest absolute Gasteiger partial charge is 0.433 e. The first-order valence-electron chi connectivity index (χ1n) is 12.3. The van der Waals surface area contributed by atoms with Gasteiger partial charge in [-0.3, -0.25) is 9.48 Å². The van der Waals surface area contributed by atoms with Crippen molar-refractivity contribution in [3.63, 3.8) is 0 Å². The van der Waals surface area contributed by atoms with Gasteiger partial charge in [-0.2, -0.15) is 23.4 Å². The van der Waals surface area contributed by atoms with Crippen molar-refractivity contribution in [1.29, 1.82) is 0 Å². The van der Waals surface area contributed by atoms with Gasteiger partial charge in [0.1, 0.15) is 0 Å². The van der Waals surface area contributed by atoms with E-state index in [1.54, 1.807) is 30.7 Å². The van der Waals surface area contributed by atoms with E-state index in [9.17, 15) is 18.0 Å². The van der Waals surface area contributed by atoms with E-state index in [0.29, 0.717) is 45.2 Å². The van der Waals surface area contributed by atoms with E-state index in [1.165, 1.54) is 26.4 Å². The number of carbonyl (C=O) groups excluding carboxylic acids is 1. The molecule has 0 aliphatic heterocycles. The zero-order valence-electron chi connectivity index (χ0n) is 22.4. The number of fused-ring (bicyclic) bond motifs is 1. The minimum Gasteiger partial charge on any atom is -0.493 e. The van der Waals surface area contributed by atoms with Gasteiger partial charge in [-0.1, -0.05) is 28.1 Å². The van der Waals surface area contributed by atoms with E-state index in [0.717, 1.165) is 16.1 Å². The van der Waals surface area contributed by atoms with Crippen molar-refractivity contribution in [2.24, 2.45) is 0 Å². The fraction of sp³-hybridized carbons (Fsp3) is 0.214. The maximum absolute atomic E-state index is 14.1. The Morgan fingerprint density at radius 3 is 2.34 bits per heavy atom. The summed E-state index contributed by atoms with van der Waals surface area (Å²) < 4.78 is 56.1. The third-order valence-electron chi connectivity index (χ3n) is 6.50. The van der Waals surface area contributed by atoms with E-state index in [1.807, 2.05) is 24.3 Å². The zero-order chi connectivity index (χ0) is 29.5. The highest BCUT2D eigenvalue weighted by Gasteiger charge is 2.36. The molecule has 0 spiro atoms. The molecule has 3 heterocycles. The van der Waals surface area contributed by atoms with Gasteiger partial charge in [-0.15, -0.1) is 0 Å². The van der Waals surface area contributed by atoms with Gasteiger partial charge in [0.05, 0.1) is 43.5 Å². The lowest BCUT2D eigenvalue weighted by molar-refractivity contribution is -0.142. The molecule has 0 saturated carbocycles. The Morgan fingerprint density at radius 2 is 1.68 bits per heavy atom. The number of rotatable bonds is 7. The zero-order valence-corrected chi connectivity index (χ0v) is 24.0. The summed E-state index contributed by atoms with van der Waals surface area (Å²) in [5.74, 6) is 0.0633.